The molecule has 5 nitrogen and oxygen atoms in total. The lowest BCUT2D eigenvalue weighted by atomic mass is 9.92. The van der Waals surface area contributed by atoms with Gasteiger partial charge < -0.3 is 10.1 Å². The summed E-state index contributed by atoms with van der Waals surface area (Å²) in [4.78, 5) is 12.3. The van der Waals surface area contributed by atoms with Crippen LogP contribution >= 0.6 is 11.6 Å². The third-order valence-corrected chi connectivity index (χ3v) is 3.49. The third kappa shape index (κ3) is 4.20. The average Bonchev–Trinajstić information content (AvgIpc) is 2.65. The fourth-order valence-electron chi connectivity index (χ4n) is 2.40. The summed E-state index contributed by atoms with van der Waals surface area (Å²) in [5.74, 6) is 0.508. The number of hydrogen-bond acceptors (Lipinski definition) is 5. The number of aromatic nitrogens is 3. The molecule has 1 heterocycles. The van der Waals surface area contributed by atoms with Gasteiger partial charge in [-0.05, 0) is 42.7 Å². The van der Waals surface area contributed by atoms with E-state index in [4.69, 9.17) is 16.3 Å². The minimum Gasteiger partial charge on any atom is -0.463 e. The van der Waals surface area contributed by atoms with Gasteiger partial charge in [0.2, 0.25) is 11.2 Å². The second kappa shape index (κ2) is 5.90. The predicted molar refractivity (Wildman–Crippen MR) is 75.7 cm³/mol. The van der Waals surface area contributed by atoms with E-state index in [-0.39, 0.29) is 5.28 Å². The molecule has 2 rings (SSSR count). The Morgan fingerprint density at radius 2 is 2.16 bits per heavy atom. The van der Waals surface area contributed by atoms with Crippen molar-refractivity contribution in [3.05, 3.63) is 5.28 Å². The fourth-order valence-corrected chi connectivity index (χ4v) is 2.55. The van der Waals surface area contributed by atoms with E-state index in [9.17, 15) is 0 Å². The number of rotatable bonds is 5. The van der Waals surface area contributed by atoms with Gasteiger partial charge in [-0.2, -0.15) is 15.0 Å². The summed E-state index contributed by atoms with van der Waals surface area (Å²) >= 11 is 5.89. The van der Waals surface area contributed by atoms with Crippen LogP contribution in [0.15, 0.2) is 0 Å². The molecule has 0 aliphatic heterocycles. The molecule has 1 saturated carbocycles. The van der Waals surface area contributed by atoms with Gasteiger partial charge in [-0.1, -0.05) is 20.8 Å². The van der Waals surface area contributed by atoms with Crippen molar-refractivity contribution in [2.75, 3.05) is 11.9 Å². The van der Waals surface area contributed by atoms with Crippen LogP contribution in [0.1, 0.15) is 46.5 Å². The summed E-state index contributed by atoms with van der Waals surface area (Å²) in [6.07, 6.45) is 4.36. The molecule has 0 saturated heterocycles. The van der Waals surface area contributed by atoms with E-state index < -0.39 is 0 Å². The first-order chi connectivity index (χ1) is 8.98. The van der Waals surface area contributed by atoms with Gasteiger partial charge in [-0.25, -0.2) is 0 Å². The first-order valence-corrected chi connectivity index (χ1v) is 7.17. The van der Waals surface area contributed by atoms with Gasteiger partial charge in [0.15, 0.2) is 0 Å². The molecule has 1 atom stereocenters. The Kier molecular flexibility index (Phi) is 4.45. The van der Waals surface area contributed by atoms with Crippen LogP contribution in [0.3, 0.4) is 0 Å². The summed E-state index contributed by atoms with van der Waals surface area (Å²) in [6.45, 7) is 7.18. The second-order valence-corrected chi connectivity index (χ2v) is 6.15. The van der Waals surface area contributed by atoms with E-state index in [1.807, 2.05) is 6.92 Å². The molecule has 0 bridgehead atoms. The Bertz CT molecular complexity index is 439. The lowest BCUT2D eigenvalue weighted by Crippen LogP contribution is -2.19. The van der Waals surface area contributed by atoms with Crippen LogP contribution in [-0.2, 0) is 0 Å². The zero-order valence-corrected chi connectivity index (χ0v) is 12.5. The molecule has 1 aliphatic carbocycles. The molecular weight excluding hydrogens is 264 g/mol. The Balaban J connectivity index is 2.02. The molecule has 1 aromatic heterocycles. The van der Waals surface area contributed by atoms with Gasteiger partial charge in [0, 0.05) is 6.04 Å². The van der Waals surface area contributed by atoms with E-state index in [1.165, 1.54) is 6.42 Å². The van der Waals surface area contributed by atoms with Crippen molar-refractivity contribution in [1.29, 1.82) is 0 Å². The van der Waals surface area contributed by atoms with E-state index in [0.717, 1.165) is 19.3 Å². The maximum absolute atomic E-state index is 5.89. The maximum atomic E-state index is 5.89. The van der Waals surface area contributed by atoms with Gasteiger partial charge in [0.25, 0.3) is 0 Å². The lowest BCUT2D eigenvalue weighted by Gasteiger charge is -2.17. The van der Waals surface area contributed by atoms with Crippen LogP contribution in [-0.4, -0.2) is 27.6 Å². The fraction of sp³-hybridized carbons (Fsp3) is 0.769. The number of nitrogens with zero attached hydrogens (tertiary/aromatic N) is 3. The highest BCUT2D eigenvalue weighted by Crippen LogP contribution is 2.38. The minimum atomic E-state index is 0.167. The third-order valence-electron chi connectivity index (χ3n) is 3.32. The van der Waals surface area contributed by atoms with Crippen molar-refractivity contribution < 1.29 is 4.74 Å². The van der Waals surface area contributed by atoms with Crippen LogP contribution < -0.4 is 10.1 Å². The van der Waals surface area contributed by atoms with E-state index in [2.05, 4.69) is 34.1 Å². The van der Waals surface area contributed by atoms with Crippen molar-refractivity contribution >= 4 is 17.5 Å². The molecule has 19 heavy (non-hydrogen) atoms. The minimum absolute atomic E-state index is 0.167. The summed E-state index contributed by atoms with van der Waals surface area (Å²) in [6, 6.07) is 0.689. The van der Waals surface area contributed by atoms with Crippen molar-refractivity contribution in [2.24, 2.45) is 5.41 Å². The normalized spacial score (nSPS) is 21.4. The van der Waals surface area contributed by atoms with E-state index in [1.54, 1.807) is 0 Å². The monoisotopic (exact) mass is 284 g/mol. The molecule has 1 aliphatic rings. The molecule has 1 unspecified atom stereocenters. The van der Waals surface area contributed by atoms with Crippen LogP contribution in [0.5, 0.6) is 6.01 Å². The van der Waals surface area contributed by atoms with Crippen LogP contribution in [0.4, 0.5) is 5.95 Å². The predicted octanol–water partition coefficient (Wildman–Crippen LogP) is 3.30. The standard InChI is InChI=1S/C13H21ClN4O/c1-4-7-19-12-17-10(14)16-11(18-12)15-9-5-6-13(2,3)8-9/h9H,4-8H2,1-3H3,(H,15,16,17,18). The molecule has 1 fully saturated rings. The number of nitrogens with one attached hydrogen (secondary N) is 1. The van der Waals surface area contributed by atoms with Crippen molar-refractivity contribution in [2.45, 2.75) is 52.5 Å². The van der Waals surface area contributed by atoms with Gasteiger partial charge in [0.1, 0.15) is 0 Å². The molecule has 0 radical (unpaired) electrons. The summed E-state index contributed by atoms with van der Waals surface area (Å²) in [7, 11) is 0. The van der Waals surface area contributed by atoms with Crippen LogP contribution in [0, 0.1) is 5.41 Å². The molecule has 106 valence electrons. The number of ether oxygens (including phenoxy) is 1. The first-order valence-electron chi connectivity index (χ1n) is 6.79. The molecule has 0 amide bonds. The summed E-state index contributed by atoms with van der Waals surface area (Å²) in [5, 5.41) is 3.49. The lowest BCUT2D eigenvalue weighted by molar-refractivity contribution is 0.291. The highest BCUT2D eigenvalue weighted by atomic mass is 35.5. The van der Waals surface area contributed by atoms with E-state index in [0.29, 0.717) is 30.0 Å². The Morgan fingerprint density at radius 3 is 2.79 bits per heavy atom. The second-order valence-electron chi connectivity index (χ2n) is 5.81. The van der Waals surface area contributed by atoms with Crippen LogP contribution in [0.2, 0.25) is 5.28 Å². The van der Waals surface area contributed by atoms with Gasteiger partial charge >= 0.3 is 6.01 Å². The van der Waals surface area contributed by atoms with Gasteiger partial charge in [-0.15, -0.1) is 0 Å². The highest BCUT2D eigenvalue weighted by Gasteiger charge is 2.31. The number of halogens is 1. The topological polar surface area (TPSA) is 59.9 Å². The van der Waals surface area contributed by atoms with Gasteiger partial charge in [0.05, 0.1) is 6.61 Å². The average molecular weight is 285 g/mol. The Labute approximate surface area is 119 Å². The van der Waals surface area contributed by atoms with Gasteiger partial charge in [-0.3, -0.25) is 0 Å². The molecule has 1 N–H and O–H groups in total. The van der Waals surface area contributed by atoms with Crippen molar-refractivity contribution in [3.63, 3.8) is 0 Å². The first kappa shape index (κ1) is 14.3. The quantitative estimate of drug-likeness (QED) is 0.899. The molecule has 0 aromatic carbocycles. The Hall–Kier alpha value is -1.10. The zero-order valence-electron chi connectivity index (χ0n) is 11.7. The smallest absolute Gasteiger partial charge is 0.322 e. The summed E-state index contributed by atoms with van der Waals surface area (Å²) in [5.41, 5.74) is 0.385. The zero-order chi connectivity index (χ0) is 13.9. The molecule has 6 heteroatoms. The van der Waals surface area contributed by atoms with Crippen molar-refractivity contribution in [3.8, 4) is 6.01 Å². The number of anilines is 1. The van der Waals surface area contributed by atoms with E-state index >= 15 is 0 Å². The number of hydrogen-bond donors (Lipinski definition) is 1. The molecule has 1 aromatic rings. The largest absolute Gasteiger partial charge is 0.463 e. The van der Waals surface area contributed by atoms with Crippen molar-refractivity contribution in [1.82, 2.24) is 15.0 Å². The SMILES string of the molecule is CCCOc1nc(Cl)nc(NC2CCC(C)(C)C2)n1. The maximum Gasteiger partial charge on any atom is 0.322 e. The molecule has 0 spiro atoms. The summed E-state index contributed by atoms with van der Waals surface area (Å²) < 4.78 is 5.40. The highest BCUT2D eigenvalue weighted by molar-refractivity contribution is 6.28. The molecular formula is C13H21ClN4O. The van der Waals surface area contributed by atoms with Crippen LogP contribution in [0.25, 0.3) is 0 Å². The Morgan fingerprint density at radius 1 is 1.37 bits per heavy atom.